The van der Waals surface area contributed by atoms with Crippen molar-refractivity contribution in [3.63, 3.8) is 0 Å². The largest absolute Gasteiger partial charge is 0.496 e. The second-order valence-electron chi connectivity index (χ2n) is 3.73. The molecule has 0 saturated heterocycles. The summed E-state index contributed by atoms with van der Waals surface area (Å²) in [7, 11) is 1.68. The topological polar surface area (TPSA) is 35.2 Å². The molecule has 1 aliphatic rings. The summed E-state index contributed by atoms with van der Waals surface area (Å²) in [6.45, 7) is 0.800. The van der Waals surface area contributed by atoms with Crippen LogP contribution in [0.25, 0.3) is 0 Å². The molecule has 2 rings (SSSR count). The van der Waals surface area contributed by atoms with E-state index in [1.54, 1.807) is 7.11 Å². The monoisotopic (exact) mass is 255 g/mol. The molecule has 0 aromatic heterocycles. The highest BCUT2D eigenvalue weighted by Crippen LogP contribution is 2.47. The van der Waals surface area contributed by atoms with Crippen molar-refractivity contribution >= 4 is 15.9 Å². The molecule has 1 aliphatic carbocycles. The standard InChI is InChI=1S/C11H14BrNO/c1-14-11-3-2-7(5-10(11)12)9-4-8(9)6-13/h2-3,5,8-9H,4,6,13H2,1H3/t8-,9-/m0/s1. The van der Waals surface area contributed by atoms with Crippen molar-refractivity contribution in [2.24, 2.45) is 11.7 Å². The van der Waals surface area contributed by atoms with E-state index in [4.69, 9.17) is 10.5 Å². The number of methoxy groups -OCH3 is 1. The average Bonchev–Trinajstić information content (AvgIpc) is 2.96. The molecule has 0 heterocycles. The van der Waals surface area contributed by atoms with E-state index < -0.39 is 0 Å². The third-order valence-corrected chi connectivity index (χ3v) is 3.45. The highest BCUT2D eigenvalue weighted by Gasteiger charge is 2.36. The van der Waals surface area contributed by atoms with E-state index in [-0.39, 0.29) is 0 Å². The number of hydrogen-bond acceptors (Lipinski definition) is 2. The first-order valence-electron chi connectivity index (χ1n) is 4.79. The summed E-state index contributed by atoms with van der Waals surface area (Å²) >= 11 is 3.49. The fraction of sp³-hybridized carbons (Fsp3) is 0.455. The summed E-state index contributed by atoms with van der Waals surface area (Å²) in [6.07, 6.45) is 1.23. The molecular formula is C11H14BrNO. The van der Waals surface area contributed by atoms with Gasteiger partial charge in [0.2, 0.25) is 0 Å². The Morgan fingerprint density at radius 1 is 1.57 bits per heavy atom. The maximum absolute atomic E-state index is 5.62. The molecule has 0 radical (unpaired) electrons. The van der Waals surface area contributed by atoms with E-state index >= 15 is 0 Å². The van der Waals surface area contributed by atoms with E-state index in [9.17, 15) is 0 Å². The number of benzene rings is 1. The van der Waals surface area contributed by atoms with Crippen molar-refractivity contribution in [1.29, 1.82) is 0 Å². The molecule has 2 N–H and O–H groups in total. The van der Waals surface area contributed by atoms with Gasteiger partial charge in [0.05, 0.1) is 11.6 Å². The summed E-state index contributed by atoms with van der Waals surface area (Å²) in [5, 5.41) is 0. The van der Waals surface area contributed by atoms with E-state index in [1.165, 1.54) is 12.0 Å². The van der Waals surface area contributed by atoms with Crippen molar-refractivity contribution in [2.45, 2.75) is 12.3 Å². The molecule has 0 amide bonds. The van der Waals surface area contributed by atoms with Gasteiger partial charge in [0.25, 0.3) is 0 Å². The van der Waals surface area contributed by atoms with E-state index in [1.807, 2.05) is 6.07 Å². The lowest BCUT2D eigenvalue weighted by molar-refractivity contribution is 0.412. The van der Waals surface area contributed by atoms with Crippen LogP contribution in [-0.2, 0) is 0 Å². The van der Waals surface area contributed by atoms with Gasteiger partial charge in [-0.05, 0) is 58.4 Å². The van der Waals surface area contributed by atoms with Gasteiger partial charge in [-0.1, -0.05) is 6.07 Å². The first kappa shape index (κ1) is 9.99. The quantitative estimate of drug-likeness (QED) is 0.901. The van der Waals surface area contributed by atoms with Crippen LogP contribution >= 0.6 is 15.9 Å². The van der Waals surface area contributed by atoms with E-state index in [0.717, 1.165) is 16.8 Å². The molecule has 0 aliphatic heterocycles. The van der Waals surface area contributed by atoms with Crippen molar-refractivity contribution in [3.8, 4) is 5.75 Å². The zero-order valence-electron chi connectivity index (χ0n) is 8.16. The number of nitrogens with two attached hydrogens (primary N) is 1. The minimum atomic E-state index is 0.669. The zero-order chi connectivity index (χ0) is 10.1. The SMILES string of the molecule is COc1ccc([C@@H]2C[C@H]2CN)cc1Br. The third kappa shape index (κ3) is 1.79. The average molecular weight is 256 g/mol. The minimum Gasteiger partial charge on any atom is -0.496 e. The van der Waals surface area contributed by atoms with Crippen molar-refractivity contribution < 1.29 is 4.74 Å². The van der Waals surface area contributed by atoms with Crippen LogP contribution in [0.1, 0.15) is 17.9 Å². The Hall–Kier alpha value is -0.540. The van der Waals surface area contributed by atoms with Crippen LogP contribution in [-0.4, -0.2) is 13.7 Å². The van der Waals surface area contributed by atoms with Gasteiger partial charge >= 0.3 is 0 Å². The highest BCUT2D eigenvalue weighted by molar-refractivity contribution is 9.10. The maximum Gasteiger partial charge on any atom is 0.133 e. The van der Waals surface area contributed by atoms with Gasteiger partial charge in [-0.15, -0.1) is 0 Å². The van der Waals surface area contributed by atoms with Crippen molar-refractivity contribution in [1.82, 2.24) is 0 Å². The Morgan fingerprint density at radius 3 is 2.86 bits per heavy atom. The molecule has 2 atom stereocenters. The molecule has 14 heavy (non-hydrogen) atoms. The van der Waals surface area contributed by atoms with Crippen molar-refractivity contribution in [2.75, 3.05) is 13.7 Å². The molecule has 1 aromatic carbocycles. The van der Waals surface area contributed by atoms with Crippen LogP contribution in [0.2, 0.25) is 0 Å². The Labute approximate surface area is 92.6 Å². The lowest BCUT2D eigenvalue weighted by Gasteiger charge is -2.05. The molecular weight excluding hydrogens is 242 g/mol. The van der Waals surface area contributed by atoms with Crippen molar-refractivity contribution in [3.05, 3.63) is 28.2 Å². The summed E-state index contributed by atoms with van der Waals surface area (Å²) in [5.74, 6) is 2.25. The number of ether oxygens (including phenoxy) is 1. The van der Waals surface area contributed by atoms with Gasteiger partial charge in [0.15, 0.2) is 0 Å². The normalized spacial score (nSPS) is 24.8. The zero-order valence-corrected chi connectivity index (χ0v) is 9.75. The number of hydrogen-bond donors (Lipinski definition) is 1. The molecule has 76 valence electrons. The van der Waals surface area contributed by atoms with Crippen LogP contribution < -0.4 is 10.5 Å². The number of halogens is 1. The van der Waals surface area contributed by atoms with Gasteiger partial charge in [-0.2, -0.15) is 0 Å². The fourth-order valence-corrected chi connectivity index (χ4v) is 2.39. The van der Waals surface area contributed by atoms with Crippen LogP contribution in [0.15, 0.2) is 22.7 Å². The van der Waals surface area contributed by atoms with Gasteiger partial charge in [-0.25, -0.2) is 0 Å². The lowest BCUT2D eigenvalue weighted by atomic mass is 10.1. The van der Waals surface area contributed by atoms with E-state index in [0.29, 0.717) is 11.8 Å². The van der Waals surface area contributed by atoms with Crippen LogP contribution in [0, 0.1) is 5.92 Å². The lowest BCUT2D eigenvalue weighted by Crippen LogP contribution is -2.01. The first-order chi connectivity index (χ1) is 6.76. The Bertz CT molecular complexity index is 340. The molecule has 3 heteroatoms. The summed E-state index contributed by atoms with van der Waals surface area (Å²) in [5.41, 5.74) is 6.99. The first-order valence-corrected chi connectivity index (χ1v) is 5.59. The Balaban J connectivity index is 2.17. The molecule has 2 nitrogen and oxygen atoms in total. The predicted molar refractivity (Wildman–Crippen MR) is 60.6 cm³/mol. The maximum atomic E-state index is 5.62. The highest BCUT2D eigenvalue weighted by atomic mass is 79.9. The molecule has 0 bridgehead atoms. The number of rotatable bonds is 3. The van der Waals surface area contributed by atoms with Gasteiger partial charge < -0.3 is 10.5 Å². The molecule has 1 aromatic rings. The Kier molecular flexibility index (Phi) is 2.79. The van der Waals surface area contributed by atoms with Gasteiger partial charge in [0.1, 0.15) is 5.75 Å². The van der Waals surface area contributed by atoms with Gasteiger partial charge in [-0.3, -0.25) is 0 Å². The second kappa shape index (κ2) is 3.91. The molecule has 1 fully saturated rings. The third-order valence-electron chi connectivity index (χ3n) is 2.83. The summed E-state index contributed by atoms with van der Waals surface area (Å²) in [4.78, 5) is 0. The van der Waals surface area contributed by atoms with Crippen LogP contribution in [0.5, 0.6) is 5.75 Å². The smallest absolute Gasteiger partial charge is 0.133 e. The fourth-order valence-electron chi connectivity index (χ4n) is 1.83. The van der Waals surface area contributed by atoms with E-state index in [2.05, 4.69) is 28.1 Å². The summed E-state index contributed by atoms with van der Waals surface area (Å²) < 4.78 is 6.21. The molecule has 0 unspecified atom stereocenters. The molecule has 1 saturated carbocycles. The predicted octanol–water partition coefficient (Wildman–Crippen LogP) is 2.52. The Morgan fingerprint density at radius 2 is 2.36 bits per heavy atom. The van der Waals surface area contributed by atoms with Gasteiger partial charge in [0, 0.05) is 0 Å². The summed E-state index contributed by atoms with van der Waals surface area (Å²) in [6, 6.07) is 6.27. The van der Waals surface area contributed by atoms with Crippen LogP contribution in [0.4, 0.5) is 0 Å². The minimum absolute atomic E-state index is 0.669. The molecule has 0 spiro atoms. The second-order valence-corrected chi connectivity index (χ2v) is 4.59. The van der Waals surface area contributed by atoms with Crippen LogP contribution in [0.3, 0.4) is 0 Å².